The van der Waals surface area contributed by atoms with Gasteiger partial charge >= 0.3 is 0 Å². The van der Waals surface area contributed by atoms with E-state index in [-0.39, 0.29) is 0 Å². The summed E-state index contributed by atoms with van der Waals surface area (Å²) in [7, 11) is 0. The highest BCUT2D eigenvalue weighted by molar-refractivity contribution is 5.30. The fourth-order valence-electron chi connectivity index (χ4n) is 3.37. The van der Waals surface area contributed by atoms with Crippen LogP contribution >= 0.6 is 0 Å². The Kier molecular flexibility index (Phi) is 4.82. The van der Waals surface area contributed by atoms with Crippen molar-refractivity contribution in [1.29, 1.82) is 0 Å². The first kappa shape index (κ1) is 15.8. The fourth-order valence-corrected chi connectivity index (χ4v) is 3.37. The van der Waals surface area contributed by atoms with E-state index in [4.69, 9.17) is 0 Å². The quantitative estimate of drug-likeness (QED) is 0.838. The standard InChI is InChI=1S/C21H25NO/c1-16-12-13-22(15-19-6-4-3-5-7-19)21(17(16)2)14-18-8-10-20(23)11-9-18/h3-11,21,23H,12-15H2,1-2H3. The van der Waals surface area contributed by atoms with Crippen molar-refractivity contribution in [3.05, 3.63) is 76.9 Å². The van der Waals surface area contributed by atoms with Crippen molar-refractivity contribution >= 4 is 0 Å². The topological polar surface area (TPSA) is 23.5 Å². The molecule has 0 aliphatic carbocycles. The Morgan fingerprint density at radius 2 is 1.65 bits per heavy atom. The molecule has 2 heteroatoms. The van der Waals surface area contributed by atoms with Gasteiger partial charge in [0, 0.05) is 19.1 Å². The lowest BCUT2D eigenvalue weighted by Gasteiger charge is -2.37. The third kappa shape index (κ3) is 3.83. The predicted octanol–water partition coefficient (Wildman–Crippen LogP) is 4.55. The molecule has 23 heavy (non-hydrogen) atoms. The van der Waals surface area contributed by atoms with Crippen LogP contribution in [0.1, 0.15) is 31.4 Å². The highest BCUT2D eigenvalue weighted by Crippen LogP contribution is 2.28. The first-order valence-electron chi connectivity index (χ1n) is 8.35. The maximum absolute atomic E-state index is 9.48. The van der Waals surface area contributed by atoms with Crippen LogP contribution in [0.25, 0.3) is 0 Å². The lowest BCUT2D eigenvalue weighted by molar-refractivity contribution is 0.198. The molecule has 0 fully saturated rings. The number of hydrogen-bond donors (Lipinski definition) is 1. The largest absolute Gasteiger partial charge is 0.508 e. The van der Waals surface area contributed by atoms with Crippen LogP contribution in [0.5, 0.6) is 5.75 Å². The van der Waals surface area contributed by atoms with E-state index >= 15 is 0 Å². The van der Waals surface area contributed by atoms with E-state index in [9.17, 15) is 5.11 Å². The molecule has 1 heterocycles. The molecule has 1 N–H and O–H groups in total. The fraction of sp³-hybridized carbons (Fsp3) is 0.333. The van der Waals surface area contributed by atoms with Crippen LogP contribution in [0.2, 0.25) is 0 Å². The van der Waals surface area contributed by atoms with Gasteiger partial charge in [-0.3, -0.25) is 4.90 Å². The van der Waals surface area contributed by atoms with Crippen molar-refractivity contribution in [2.24, 2.45) is 0 Å². The minimum Gasteiger partial charge on any atom is -0.508 e. The zero-order chi connectivity index (χ0) is 16.2. The second-order valence-corrected chi connectivity index (χ2v) is 6.56. The molecule has 0 aromatic heterocycles. The molecule has 2 nitrogen and oxygen atoms in total. The van der Waals surface area contributed by atoms with Gasteiger partial charge in [0.2, 0.25) is 0 Å². The molecule has 120 valence electrons. The number of rotatable bonds is 4. The summed E-state index contributed by atoms with van der Waals surface area (Å²) in [6.45, 7) is 6.64. The monoisotopic (exact) mass is 307 g/mol. The van der Waals surface area contributed by atoms with Gasteiger partial charge in [-0.1, -0.05) is 53.6 Å². The van der Waals surface area contributed by atoms with Crippen molar-refractivity contribution in [1.82, 2.24) is 4.90 Å². The van der Waals surface area contributed by atoms with E-state index in [0.29, 0.717) is 11.8 Å². The van der Waals surface area contributed by atoms with Gasteiger partial charge in [0.15, 0.2) is 0 Å². The Bertz CT molecular complexity index is 673. The molecular formula is C21H25NO. The third-order valence-electron chi connectivity index (χ3n) is 4.98. The number of nitrogens with zero attached hydrogens (tertiary/aromatic N) is 1. The molecule has 0 saturated carbocycles. The third-order valence-corrected chi connectivity index (χ3v) is 4.98. The minimum absolute atomic E-state index is 0.335. The molecular weight excluding hydrogens is 282 g/mol. The molecule has 0 bridgehead atoms. The average molecular weight is 307 g/mol. The van der Waals surface area contributed by atoms with E-state index < -0.39 is 0 Å². The number of phenols is 1. The van der Waals surface area contributed by atoms with Crippen LogP contribution in [0.15, 0.2) is 65.7 Å². The van der Waals surface area contributed by atoms with E-state index in [1.807, 2.05) is 12.1 Å². The van der Waals surface area contributed by atoms with Crippen molar-refractivity contribution in [2.75, 3.05) is 6.54 Å². The van der Waals surface area contributed by atoms with Crippen molar-refractivity contribution in [2.45, 2.75) is 39.3 Å². The molecule has 0 amide bonds. The van der Waals surface area contributed by atoms with Gasteiger partial charge in [0.05, 0.1) is 0 Å². The summed E-state index contributed by atoms with van der Waals surface area (Å²) in [5.74, 6) is 0.335. The van der Waals surface area contributed by atoms with Gasteiger partial charge in [-0.2, -0.15) is 0 Å². The summed E-state index contributed by atoms with van der Waals surface area (Å²) in [5, 5.41) is 9.48. The Balaban J connectivity index is 1.81. The molecule has 1 aliphatic heterocycles. The molecule has 0 spiro atoms. The van der Waals surface area contributed by atoms with Crippen LogP contribution in [0, 0.1) is 0 Å². The van der Waals surface area contributed by atoms with E-state index in [1.54, 1.807) is 12.1 Å². The SMILES string of the molecule is CC1=C(C)C(Cc2ccc(O)cc2)N(Cc2ccccc2)CC1. The lowest BCUT2D eigenvalue weighted by atomic mass is 9.90. The lowest BCUT2D eigenvalue weighted by Crippen LogP contribution is -2.41. The molecule has 1 unspecified atom stereocenters. The van der Waals surface area contributed by atoms with E-state index in [2.05, 4.69) is 49.1 Å². The number of aromatic hydroxyl groups is 1. The van der Waals surface area contributed by atoms with Gasteiger partial charge in [0.25, 0.3) is 0 Å². The van der Waals surface area contributed by atoms with Gasteiger partial charge in [-0.25, -0.2) is 0 Å². The molecule has 1 atom stereocenters. The Labute approximate surface area is 139 Å². The van der Waals surface area contributed by atoms with Crippen LogP contribution in [0.3, 0.4) is 0 Å². The smallest absolute Gasteiger partial charge is 0.115 e. The second-order valence-electron chi connectivity index (χ2n) is 6.56. The van der Waals surface area contributed by atoms with Crippen molar-refractivity contribution in [3.63, 3.8) is 0 Å². The van der Waals surface area contributed by atoms with Crippen molar-refractivity contribution in [3.8, 4) is 5.75 Å². The first-order chi connectivity index (χ1) is 11.1. The summed E-state index contributed by atoms with van der Waals surface area (Å²) in [5.41, 5.74) is 5.67. The van der Waals surface area contributed by atoms with Gasteiger partial charge in [-0.05, 0) is 49.9 Å². The van der Waals surface area contributed by atoms with E-state index in [1.165, 1.54) is 22.3 Å². The number of phenolic OH excluding ortho intramolecular Hbond substituents is 1. The molecule has 1 aliphatic rings. The zero-order valence-electron chi connectivity index (χ0n) is 14.0. The summed E-state index contributed by atoms with van der Waals surface area (Å²) in [6, 6.07) is 18.8. The Hall–Kier alpha value is -2.06. The number of hydrogen-bond acceptors (Lipinski definition) is 2. The zero-order valence-corrected chi connectivity index (χ0v) is 14.0. The first-order valence-corrected chi connectivity index (χ1v) is 8.35. The molecule has 0 saturated heterocycles. The van der Waals surface area contributed by atoms with Crippen LogP contribution < -0.4 is 0 Å². The predicted molar refractivity (Wildman–Crippen MR) is 95.4 cm³/mol. The number of benzene rings is 2. The summed E-state index contributed by atoms with van der Waals surface area (Å²) in [4.78, 5) is 2.59. The summed E-state index contributed by atoms with van der Waals surface area (Å²) >= 11 is 0. The van der Waals surface area contributed by atoms with Gasteiger partial charge < -0.3 is 5.11 Å². The average Bonchev–Trinajstić information content (AvgIpc) is 2.57. The highest BCUT2D eigenvalue weighted by atomic mass is 16.3. The molecule has 0 radical (unpaired) electrons. The second kappa shape index (κ2) is 7.01. The van der Waals surface area contributed by atoms with Crippen LogP contribution in [0.4, 0.5) is 0 Å². The minimum atomic E-state index is 0.335. The maximum atomic E-state index is 9.48. The van der Waals surface area contributed by atoms with Gasteiger partial charge in [-0.15, -0.1) is 0 Å². The highest BCUT2D eigenvalue weighted by Gasteiger charge is 2.25. The van der Waals surface area contributed by atoms with Gasteiger partial charge in [0.1, 0.15) is 5.75 Å². The van der Waals surface area contributed by atoms with E-state index in [0.717, 1.165) is 25.9 Å². The van der Waals surface area contributed by atoms with Crippen LogP contribution in [-0.4, -0.2) is 22.6 Å². The maximum Gasteiger partial charge on any atom is 0.115 e. The molecule has 3 rings (SSSR count). The molecule has 2 aromatic carbocycles. The van der Waals surface area contributed by atoms with Crippen LogP contribution in [-0.2, 0) is 13.0 Å². The molecule has 2 aromatic rings. The Morgan fingerprint density at radius 1 is 0.957 bits per heavy atom. The van der Waals surface area contributed by atoms with Crippen molar-refractivity contribution < 1.29 is 5.11 Å². The summed E-state index contributed by atoms with van der Waals surface area (Å²) in [6.07, 6.45) is 2.15. The summed E-state index contributed by atoms with van der Waals surface area (Å²) < 4.78 is 0. The normalized spacial score (nSPS) is 19.1. The Morgan fingerprint density at radius 3 is 2.35 bits per heavy atom.